The molecule has 104 valence electrons. The number of carboxylic acid groups (broad SMARTS) is 1. The molecule has 1 aromatic rings. The van der Waals surface area contributed by atoms with Gasteiger partial charge in [0.15, 0.2) is 0 Å². The van der Waals surface area contributed by atoms with Crippen LogP contribution in [-0.2, 0) is 4.79 Å². The number of benzene rings is 1. The number of hydrogen-bond acceptors (Lipinski definition) is 3. The van der Waals surface area contributed by atoms with E-state index in [1.54, 1.807) is 0 Å². The molecule has 19 heavy (non-hydrogen) atoms. The summed E-state index contributed by atoms with van der Waals surface area (Å²) in [6.07, 6.45) is 6.81. The standard InChI is InChI=1S/C15H21NO2S/c1-19-13-10-6-5-9-12(13)16-14(15(17)18)11-7-3-2-4-8-11/h2-4,7-8,12-14,16H,5-6,9-10H2,1H3,(H,17,18). The van der Waals surface area contributed by atoms with E-state index in [2.05, 4.69) is 11.6 Å². The first-order valence-electron chi connectivity index (χ1n) is 6.79. The molecule has 2 N–H and O–H groups in total. The molecule has 1 fully saturated rings. The first kappa shape index (κ1) is 14.4. The lowest BCUT2D eigenvalue weighted by Gasteiger charge is -2.33. The predicted molar refractivity (Wildman–Crippen MR) is 79.5 cm³/mol. The van der Waals surface area contributed by atoms with E-state index in [1.807, 2.05) is 42.1 Å². The average Bonchev–Trinajstić information content (AvgIpc) is 2.45. The summed E-state index contributed by atoms with van der Waals surface area (Å²) in [6, 6.07) is 9.14. The Morgan fingerprint density at radius 2 is 2.00 bits per heavy atom. The molecule has 3 nitrogen and oxygen atoms in total. The third-order valence-electron chi connectivity index (χ3n) is 3.77. The Balaban J connectivity index is 2.10. The Morgan fingerprint density at radius 1 is 1.32 bits per heavy atom. The minimum atomic E-state index is -0.795. The molecular formula is C15H21NO2S. The van der Waals surface area contributed by atoms with Crippen molar-refractivity contribution in [2.24, 2.45) is 0 Å². The van der Waals surface area contributed by atoms with Crippen LogP contribution in [0.5, 0.6) is 0 Å². The van der Waals surface area contributed by atoms with Crippen LogP contribution in [0.4, 0.5) is 0 Å². The summed E-state index contributed by atoms with van der Waals surface area (Å²) in [5, 5.41) is 13.3. The smallest absolute Gasteiger partial charge is 0.325 e. The van der Waals surface area contributed by atoms with Crippen molar-refractivity contribution in [1.82, 2.24) is 5.32 Å². The zero-order valence-corrected chi connectivity index (χ0v) is 12.0. The van der Waals surface area contributed by atoms with Gasteiger partial charge >= 0.3 is 5.97 Å². The monoisotopic (exact) mass is 279 g/mol. The van der Waals surface area contributed by atoms with Crippen molar-refractivity contribution in [3.05, 3.63) is 35.9 Å². The molecule has 1 aliphatic rings. The van der Waals surface area contributed by atoms with E-state index in [0.29, 0.717) is 11.3 Å². The van der Waals surface area contributed by atoms with Crippen molar-refractivity contribution >= 4 is 17.7 Å². The maximum Gasteiger partial charge on any atom is 0.325 e. The highest BCUT2D eigenvalue weighted by molar-refractivity contribution is 7.99. The molecule has 0 aliphatic heterocycles. The maximum absolute atomic E-state index is 11.5. The number of nitrogens with one attached hydrogen (secondary N) is 1. The van der Waals surface area contributed by atoms with Crippen molar-refractivity contribution in [3.8, 4) is 0 Å². The molecule has 4 heteroatoms. The lowest BCUT2D eigenvalue weighted by molar-refractivity contribution is -0.140. The van der Waals surface area contributed by atoms with Crippen molar-refractivity contribution in [3.63, 3.8) is 0 Å². The van der Waals surface area contributed by atoms with Gasteiger partial charge in [0.1, 0.15) is 6.04 Å². The van der Waals surface area contributed by atoms with Crippen LogP contribution < -0.4 is 5.32 Å². The van der Waals surface area contributed by atoms with E-state index in [0.717, 1.165) is 12.0 Å². The van der Waals surface area contributed by atoms with Gasteiger partial charge in [-0.2, -0.15) is 11.8 Å². The van der Waals surface area contributed by atoms with E-state index in [9.17, 15) is 9.90 Å². The highest BCUT2D eigenvalue weighted by atomic mass is 32.2. The van der Waals surface area contributed by atoms with Gasteiger partial charge < -0.3 is 5.11 Å². The summed E-state index contributed by atoms with van der Waals surface area (Å²) in [4.78, 5) is 11.5. The van der Waals surface area contributed by atoms with Gasteiger partial charge in [0.2, 0.25) is 0 Å². The summed E-state index contributed by atoms with van der Waals surface area (Å²) in [6.45, 7) is 0. The first-order chi connectivity index (χ1) is 9.22. The highest BCUT2D eigenvalue weighted by Crippen LogP contribution is 2.29. The van der Waals surface area contributed by atoms with E-state index < -0.39 is 12.0 Å². The molecule has 3 unspecified atom stereocenters. The molecule has 0 amide bonds. The van der Waals surface area contributed by atoms with E-state index in [4.69, 9.17) is 0 Å². The second-order valence-electron chi connectivity index (χ2n) is 5.01. The van der Waals surface area contributed by atoms with Gasteiger partial charge in [-0.1, -0.05) is 43.2 Å². The number of aliphatic carboxylic acids is 1. The van der Waals surface area contributed by atoms with Crippen LogP contribution in [0.15, 0.2) is 30.3 Å². The third kappa shape index (κ3) is 3.74. The molecule has 0 aromatic heterocycles. The molecule has 2 rings (SSSR count). The lowest BCUT2D eigenvalue weighted by Crippen LogP contribution is -2.44. The number of carboxylic acids is 1. The fraction of sp³-hybridized carbons (Fsp3) is 0.533. The number of thioether (sulfide) groups is 1. The summed E-state index contributed by atoms with van der Waals surface area (Å²) < 4.78 is 0. The Labute approximate surface area is 118 Å². The lowest BCUT2D eigenvalue weighted by atomic mass is 9.93. The summed E-state index contributed by atoms with van der Waals surface area (Å²) in [5.74, 6) is -0.795. The minimum Gasteiger partial charge on any atom is -0.480 e. The Kier molecular flexibility index (Phi) is 5.28. The first-order valence-corrected chi connectivity index (χ1v) is 8.07. The molecule has 0 saturated heterocycles. The van der Waals surface area contributed by atoms with Crippen LogP contribution in [-0.4, -0.2) is 28.6 Å². The Bertz CT molecular complexity index is 410. The average molecular weight is 279 g/mol. The Hall–Kier alpha value is -1.00. The summed E-state index contributed by atoms with van der Waals surface area (Å²) >= 11 is 1.85. The van der Waals surface area contributed by atoms with Gasteiger partial charge in [0.05, 0.1) is 0 Å². The van der Waals surface area contributed by atoms with Crippen molar-refractivity contribution in [1.29, 1.82) is 0 Å². The predicted octanol–water partition coefficient (Wildman–Crippen LogP) is 3.08. The second kappa shape index (κ2) is 6.96. The van der Waals surface area contributed by atoms with Crippen LogP contribution in [0.3, 0.4) is 0 Å². The molecule has 1 aliphatic carbocycles. The SMILES string of the molecule is CSC1CCCCC1NC(C(=O)O)c1ccccc1. The van der Waals surface area contributed by atoms with E-state index >= 15 is 0 Å². The molecule has 1 aromatic carbocycles. The van der Waals surface area contributed by atoms with Crippen molar-refractivity contribution in [2.75, 3.05) is 6.26 Å². The van der Waals surface area contributed by atoms with Gasteiger partial charge in [0, 0.05) is 11.3 Å². The maximum atomic E-state index is 11.5. The fourth-order valence-corrected chi connectivity index (χ4v) is 3.68. The normalized spacial score (nSPS) is 24.9. The van der Waals surface area contributed by atoms with Crippen LogP contribution in [0.1, 0.15) is 37.3 Å². The van der Waals surface area contributed by atoms with Crippen LogP contribution in [0, 0.1) is 0 Å². The zero-order chi connectivity index (χ0) is 13.7. The second-order valence-corrected chi connectivity index (χ2v) is 6.09. The molecule has 0 bridgehead atoms. The van der Waals surface area contributed by atoms with Gasteiger partial charge in [-0.05, 0) is 24.7 Å². The van der Waals surface area contributed by atoms with Gasteiger partial charge in [0.25, 0.3) is 0 Å². The topological polar surface area (TPSA) is 49.3 Å². The van der Waals surface area contributed by atoms with Gasteiger partial charge in [-0.15, -0.1) is 0 Å². The van der Waals surface area contributed by atoms with Crippen molar-refractivity contribution in [2.45, 2.75) is 43.0 Å². The van der Waals surface area contributed by atoms with Gasteiger partial charge in [-0.25, -0.2) is 0 Å². The molecule has 0 heterocycles. The zero-order valence-electron chi connectivity index (χ0n) is 11.2. The molecule has 0 radical (unpaired) electrons. The number of rotatable bonds is 5. The van der Waals surface area contributed by atoms with Crippen LogP contribution >= 0.6 is 11.8 Å². The molecule has 3 atom stereocenters. The molecular weight excluding hydrogens is 258 g/mol. The fourth-order valence-electron chi connectivity index (χ4n) is 2.74. The van der Waals surface area contributed by atoms with Crippen LogP contribution in [0.25, 0.3) is 0 Å². The highest BCUT2D eigenvalue weighted by Gasteiger charge is 2.29. The third-order valence-corrected chi connectivity index (χ3v) is 4.94. The molecule has 0 spiro atoms. The minimum absolute atomic E-state index is 0.296. The number of hydrogen-bond donors (Lipinski definition) is 2. The van der Waals surface area contributed by atoms with E-state index in [-0.39, 0.29) is 0 Å². The van der Waals surface area contributed by atoms with Gasteiger partial charge in [-0.3, -0.25) is 10.1 Å². The number of carbonyl (C=O) groups is 1. The van der Waals surface area contributed by atoms with Crippen molar-refractivity contribution < 1.29 is 9.90 Å². The Morgan fingerprint density at radius 3 is 2.63 bits per heavy atom. The molecule has 1 saturated carbocycles. The summed E-state index contributed by atoms with van der Waals surface area (Å²) in [7, 11) is 0. The largest absolute Gasteiger partial charge is 0.480 e. The van der Waals surface area contributed by atoms with E-state index in [1.165, 1.54) is 19.3 Å². The quantitative estimate of drug-likeness (QED) is 0.869. The van der Waals surface area contributed by atoms with Crippen LogP contribution in [0.2, 0.25) is 0 Å². The summed E-state index contributed by atoms with van der Waals surface area (Å²) in [5.41, 5.74) is 0.834.